The highest BCUT2D eigenvalue weighted by Gasteiger charge is 2.36. The minimum atomic E-state index is -0.716. The second kappa shape index (κ2) is 9.42. The average Bonchev–Trinajstić information content (AvgIpc) is 3.49. The van der Waals surface area contributed by atoms with Crippen molar-refractivity contribution in [3.05, 3.63) is 78.6 Å². The predicted molar refractivity (Wildman–Crippen MR) is 117 cm³/mol. The molecule has 8 nitrogen and oxygen atoms in total. The van der Waals surface area contributed by atoms with Gasteiger partial charge in [0.25, 0.3) is 0 Å². The summed E-state index contributed by atoms with van der Waals surface area (Å²) in [7, 11) is 0. The molecular formula is C23H22FN5O3. The normalized spacial score (nSPS) is 15.4. The van der Waals surface area contributed by atoms with E-state index in [0.717, 1.165) is 0 Å². The molecule has 164 valence electrons. The number of hydrazone groups is 1. The fourth-order valence-electron chi connectivity index (χ4n) is 3.45. The first kappa shape index (κ1) is 21.2. The van der Waals surface area contributed by atoms with Gasteiger partial charge in [0.15, 0.2) is 0 Å². The van der Waals surface area contributed by atoms with Crippen LogP contribution in [0.15, 0.2) is 72.4 Å². The summed E-state index contributed by atoms with van der Waals surface area (Å²) in [5.41, 5.74) is 1.85. The van der Waals surface area contributed by atoms with Gasteiger partial charge >= 0.3 is 5.97 Å². The van der Waals surface area contributed by atoms with Gasteiger partial charge < -0.3 is 14.6 Å². The van der Waals surface area contributed by atoms with Gasteiger partial charge in [-0.2, -0.15) is 5.10 Å². The summed E-state index contributed by atoms with van der Waals surface area (Å²) in [5, 5.41) is 8.67. The van der Waals surface area contributed by atoms with Gasteiger partial charge in [0.2, 0.25) is 5.91 Å². The number of hydrogen-bond acceptors (Lipinski definition) is 6. The van der Waals surface area contributed by atoms with E-state index in [1.807, 2.05) is 30.3 Å². The Hall–Kier alpha value is -4.01. The first-order valence-electron chi connectivity index (χ1n) is 10.2. The Morgan fingerprint density at radius 1 is 1.22 bits per heavy atom. The van der Waals surface area contributed by atoms with Crippen LogP contribution in [0, 0.1) is 5.82 Å². The van der Waals surface area contributed by atoms with E-state index in [0.29, 0.717) is 16.9 Å². The Bertz CT molecular complexity index is 1130. The second-order valence-electron chi connectivity index (χ2n) is 7.14. The number of aromatic nitrogens is 2. The molecule has 2 aromatic carbocycles. The second-order valence-corrected chi connectivity index (χ2v) is 7.14. The molecule has 9 heteroatoms. The number of amides is 1. The van der Waals surface area contributed by atoms with Crippen LogP contribution in [0.1, 0.15) is 18.9 Å². The van der Waals surface area contributed by atoms with E-state index in [-0.39, 0.29) is 31.2 Å². The third-order valence-corrected chi connectivity index (χ3v) is 5.01. The van der Waals surface area contributed by atoms with Crippen LogP contribution >= 0.6 is 0 Å². The number of ether oxygens (including phenoxy) is 1. The summed E-state index contributed by atoms with van der Waals surface area (Å²) in [6, 6.07) is 13.2. The van der Waals surface area contributed by atoms with Gasteiger partial charge in [-0.3, -0.25) is 9.80 Å². The van der Waals surface area contributed by atoms with Crippen LogP contribution in [0.25, 0.3) is 5.69 Å². The number of esters is 1. The highest BCUT2D eigenvalue weighted by atomic mass is 19.1. The van der Waals surface area contributed by atoms with Crippen molar-refractivity contribution in [3.63, 3.8) is 0 Å². The van der Waals surface area contributed by atoms with Crippen molar-refractivity contribution in [2.45, 2.75) is 25.9 Å². The monoisotopic (exact) mass is 435 g/mol. The summed E-state index contributed by atoms with van der Waals surface area (Å²) in [6.45, 7) is 2.07. The zero-order chi connectivity index (χ0) is 22.5. The van der Waals surface area contributed by atoms with Crippen LogP contribution in [-0.2, 0) is 20.9 Å². The molecule has 1 aromatic heterocycles. The molecule has 1 atom stereocenters. The smallest absolute Gasteiger partial charge is 0.354 e. The highest BCUT2D eigenvalue weighted by molar-refractivity contribution is 6.38. The Morgan fingerprint density at radius 3 is 2.72 bits per heavy atom. The Kier molecular flexibility index (Phi) is 6.25. The van der Waals surface area contributed by atoms with E-state index in [1.165, 1.54) is 17.4 Å². The van der Waals surface area contributed by atoms with Crippen molar-refractivity contribution in [2.24, 2.45) is 5.10 Å². The number of anilines is 1. The van der Waals surface area contributed by atoms with Crippen LogP contribution in [0.2, 0.25) is 0 Å². The zero-order valence-corrected chi connectivity index (χ0v) is 17.4. The maximum atomic E-state index is 14.5. The third kappa shape index (κ3) is 4.51. The lowest BCUT2D eigenvalue weighted by Gasteiger charge is -2.22. The number of carbonyl (C=O) groups excluding carboxylic acids is 2. The molecule has 0 radical (unpaired) electrons. The van der Waals surface area contributed by atoms with Crippen molar-refractivity contribution < 1.29 is 18.7 Å². The Labute approximate surface area is 184 Å². The molecule has 1 unspecified atom stereocenters. The molecule has 0 spiro atoms. The minimum absolute atomic E-state index is 0.119. The van der Waals surface area contributed by atoms with E-state index >= 15 is 0 Å². The number of carbonyl (C=O) groups is 2. The molecule has 2 heterocycles. The van der Waals surface area contributed by atoms with Crippen LogP contribution in [0.3, 0.4) is 0 Å². The number of nitrogens with zero attached hydrogens (tertiary/aromatic N) is 4. The molecule has 0 saturated carbocycles. The third-order valence-electron chi connectivity index (χ3n) is 5.01. The molecule has 0 saturated heterocycles. The van der Waals surface area contributed by atoms with Gasteiger partial charge in [-0.05, 0) is 36.8 Å². The SMILES string of the molecule is CCOC(=O)C1=NN(c2ccccc2)C(C(=O)NCc2ccc(-n3ccnc3)c(F)c2)C1. The van der Waals surface area contributed by atoms with Crippen molar-refractivity contribution in [3.8, 4) is 5.69 Å². The molecule has 1 aliphatic heterocycles. The zero-order valence-electron chi connectivity index (χ0n) is 17.4. The van der Waals surface area contributed by atoms with Gasteiger partial charge in [0, 0.05) is 25.4 Å². The van der Waals surface area contributed by atoms with Gasteiger partial charge in [0.05, 0.1) is 24.3 Å². The molecule has 3 aromatic rings. The molecule has 1 aliphatic rings. The molecular weight excluding hydrogens is 413 g/mol. The van der Waals surface area contributed by atoms with E-state index in [2.05, 4.69) is 15.4 Å². The number of hydrogen-bond donors (Lipinski definition) is 1. The lowest BCUT2D eigenvalue weighted by Crippen LogP contribution is -2.42. The van der Waals surface area contributed by atoms with Gasteiger partial charge in [-0.1, -0.05) is 24.3 Å². The molecule has 0 aliphatic carbocycles. The van der Waals surface area contributed by atoms with Crippen molar-refractivity contribution >= 4 is 23.3 Å². The molecule has 0 bridgehead atoms. The van der Waals surface area contributed by atoms with Crippen LogP contribution in [-0.4, -0.2) is 39.8 Å². The van der Waals surface area contributed by atoms with Crippen LogP contribution < -0.4 is 10.3 Å². The molecule has 32 heavy (non-hydrogen) atoms. The summed E-state index contributed by atoms with van der Waals surface area (Å²) in [5.74, 6) is -1.29. The summed E-state index contributed by atoms with van der Waals surface area (Å²) in [4.78, 5) is 29.1. The van der Waals surface area contributed by atoms with E-state index < -0.39 is 17.8 Å². The average molecular weight is 435 g/mol. The fourth-order valence-corrected chi connectivity index (χ4v) is 3.45. The first-order chi connectivity index (χ1) is 15.6. The topological polar surface area (TPSA) is 88.8 Å². The largest absolute Gasteiger partial charge is 0.461 e. The number of halogens is 1. The van der Waals surface area contributed by atoms with Gasteiger partial charge in [-0.15, -0.1) is 0 Å². The summed E-state index contributed by atoms with van der Waals surface area (Å²) < 4.78 is 21.1. The van der Waals surface area contributed by atoms with E-state index in [4.69, 9.17) is 4.74 Å². The van der Waals surface area contributed by atoms with Crippen LogP contribution in [0.5, 0.6) is 0 Å². The maximum absolute atomic E-state index is 14.5. The van der Waals surface area contributed by atoms with Crippen molar-refractivity contribution in [2.75, 3.05) is 11.6 Å². The highest BCUT2D eigenvalue weighted by Crippen LogP contribution is 2.25. The predicted octanol–water partition coefficient (Wildman–Crippen LogP) is 2.83. The number of imidazole rings is 1. The van der Waals surface area contributed by atoms with E-state index in [1.54, 1.807) is 36.0 Å². The number of benzene rings is 2. The Morgan fingerprint density at radius 2 is 2.03 bits per heavy atom. The molecule has 1 amide bonds. The molecule has 4 rings (SSSR count). The lowest BCUT2D eigenvalue weighted by molar-refractivity contribution is -0.135. The molecule has 1 N–H and O–H groups in total. The van der Waals surface area contributed by atoms with E-state index in [9.17, 15) is 14.0 Å². The quantitative estimate of drug-likeness (QED) is 0.577. The standard InChI is InChI=1S/C23H22FN5O3/c1-2-32-23(31)19-13-21(29(27-19)17-6-4-3-5-7-17)22(30)26-14-16-8-9-20(18(24)12-16)28-11-10-25-15-28/h3-12,15,21H,2,13-14H2,1H3,(H,26,30). The number of para-hydroxylation sites is 1. The first-order valence-corrected chi connectivity index (χ1v) is 10.2. The minimum Gasteiger partial charge on any atom is -0.461 e. The Balaban J connectivity index is 1.47. The van der Waals surface area contributed by atoms with Crippen molar-refractivity contribution in [1.82, 2.24) is 14.9 Å². The fraction of sp³-hybridized carbons (Fsp3) is 0.217. The maximum Gasteiger partial charge on any atom is 0.354 e. The number of nitrogens with one attached hydrogen (secondary N) is 1. The van der Waals surface area contributed by atoms with Crippen LogP contribution in [0.4, 0.5) is 10.1 Å². The lowest BCUT2D eigenvalue weighted by atomic mass is 10.1. The van der Waals surface area contributed by atoms with Crippen molar-refractivity contribution in [1.29, 1.82) is 0 Å². The molecule has 0 fully saturated rings. The van der Waals surface area contributed by atoms with Gasteiger partial charge in [-0.25, -0.2) is 14.2 Å². The van der Waals surface area contributed by atoms with Gasteiger partial charge in [0.1, 0.15) is 17.6 Å². The summed E-state index contributed by atoms with van der Waals surface area (Å²) in [6.07, 6.45) is 4.85. The number of rotatable bonds is 7. The summed E-state index contributed by atoms with van der Waals surface area (Å²) >= 11 is 0.